The van der Waals surface area contributed by atoms with E-state index in [2.05, 4.69) is 15.1 Å². The highest BCUT2D eigenvalue weighted by molar-refractivity contribution is 6.38. The molecule has 0 radical (unpaired) electrons. The first kappa shape index (κ1) is 13.1. The highest BCUT2D eigenvalue weighted by atomic mass is 35.5. The minimum absolute atomic E-state index is 0.0843. The van der Waals surface area contributed by atoms with Crippen LogP contribution in [-0.4, -0.2) is 19.6 Å². The van der Waals surface area contributed by atoms with Gasteiger partial charge in [0.25, 0.3) is 5.78 Å². The molecule has 3 aromatic rings. The summed E-state index contributed by atoms with van der Waals surface area (Å²) >= 11 is 11.9. The van der Waals surface area contributed by atoms with Crippen molar-refractivity contribution in [3.63, 3.8) is 0 Å². The van der Waals surface area contributed by atoms with Crippen molar-refractivity contribution in [1.82, 2.24) is 19.6 Å². The summed E-state index contributed by atoms with van der Waals surface area (Å²) in [5.74, 6) is -3.52. The molecule has 102 valence electrons. The molecule has 0 bridgehead atoms. The van der Waals surface area contributed by atoms with E-state index in [0.29, 0.717) is 6.07 Å². The fourth-order valence-corrected chi connectivity index (χ4v) is 2.37. The minimum Gasteiger partial charge on any atom is -0.207 e. The molecule has 0 amide bonds. The van der Waals surface area contributed by atoms with Crippen molar-refractivity contribution < 1.29 is 13.2 Å². The van der Waals surface area contributed by atoms with Crippen molar-refractivity contribution in [2.75, 3.05) is 0 Å². The number of hydrogen-bond acceptors (Lipinski definition) is 3. The third kappa shape index (κ3) is 1.90. The molecule has 0 aliphatic carbocycles. The Morgan fingerprint density at radius 2 is 1.85 bits per heavy atom. The van der Waals surface area contributed by atoms with E-state index < -0.39 is 23.0 Å². The summed E-state index contributed by atoms with van der Waals surface area (Å²) in [5, 5.41) is 3.37. The van der Waals surface area contributed by atoms with Crippen molar-refractivity contribution in [2.45, 2.75) is 0 Å². The molecule has 2 aromatic heterocycles. The summed E-state index contributed by atoms with van der Waals surface area (Å²) in [7, 11) is 0. The van der Waals surface area contributed by atoms with Gasteiger partial charge in [-0.15, -0.1) is 0 Å². The van der Waals surface area contributed by atoms with Gasteiger partial charge in [-0.1, -0.05) is 23.2 Å². The summed E-state index contributed by atoms with van der Waals surface area (Å²) < 4.78 is 41.4. The first-order chi connectivity index (χ1) is 9.49. The molecule has 3 rings (SSSR count). The molecule has 0 fully saturated rings. The van der Waals surface area contributed by atoms with Gasteiger partial charge in [0.15, 0.2) is 11.6 Å². The predicted molar refractivity (Wildman–Crippen MR) is 66.1 cm³/mol. The Hall–Kier alpha value is -1.86. The van der Waals surface area contributed by atoms with Gasteiger partial charge in [0.1, 0.15) is 22.5 Å². The Morgan fingerprint density at radius 1 is 1.10 bits per heavy atom. The Labute approximate surface area is 119 Å². The van der Waals surface area contributed by atoms with E-state index in [1.54, 1.807) is 0 Å². The molecule has 2 heterocycles. The third-order valence-corrected chi connectivity index (χ3v) is 3.21. The SMILES string of the molecule is Fc1cc(F)c(F)c(-c2c(Cl)nc3ncnn3c2Cl)c1. The minimum atomic E-state index is -1.36. The lowest BCUT2D eigenvalue weighted by Crippen LogP contribution is -2.00. The van der Waals surface area contributed by atoms with Gasteiger partial charge in [0.2, 0.25) is 0 Å². The van der Waals surface area contributed by atoms with Gasteiger partial charge in [-0.3, -0.25) is 0 Å². The maximum Gasteiger partial charge on any atom is 0.255 e. The molecule has 1 aromatic carbocycles. The first-order valence-electron chi connectivity index (χ1n) is 5.18. The number of aromatic nitrogens is 4. The zero-order valence-electron chi connectivity index (χ0n) is 9.41. The van der Waals surface area contributed by atoms with Gasteiger partial charge >= 0.3 is 0 Å². The normalized spacial score (nSPS) is 11.2. The van der Waals surface area contributed by atoms with E-state index in [1.165, 1.54) is 0 Å². The van der Waals surface area contributed by atoms with E-state index >= 15 is 0 Å². The summed E-state index contributed by atoms with van der Waals surface area (Å²) in [5.41, 5.74) is -0.607. The predicted octanol–water partition coefficient (Wildman–Crippen LogP) is 3.52. The van der Waals surface area contributed by atoms with Crippen LogP contribution in [0.4, 0.5) is 13.2 Å². The second kappa shape index (κ2) is 4.60. The number of fused-ring (bicyclic) bond motifs is 1. The number of hydrogen-bond donors (Lipinski definition) is 0. The van der Waals surface area contributed by atoms with Crippen molar-refractivity contribution in [3.8, 4) is 11.1 Å². The molecule has 0 spiro atoms. The smallest absolute Gasteiger partial charge is 0.207 e. The average Bonchev–Trinajstić information content (AvgIpc) is 2.83. The van der Waals surface area contributed by atoms with Gasteiger partial charge in [-0.05, 0) is 6.07 Å². The Bertz CT molecular complexity index is 834. The highest BCUT2D eigenvalue weighted by Gasteiger charge is 2.21. The van der Waals surface area contributed by atoms with E-state index in [4.69, 9.17) is 23.2 Å². The number of benzene rings is 1. The number of rotatable bonds is 1. The van der Waals surface area contributed by atoms with Gasteiger partial charge in [0, 0.05) is 11.6 Å². The van der Waals surface area contributed by atoms with Gasteiger partial charge in [0.05, 0.1) is 5.56 Å². The van der Waals surface area contributed by atoms with Gasteiger partial charge < -0.3 is 0 Å². The Morgan fingerprint density at radius 3 is 2.60 bits per heavy atom. The number of nitrogens with zero attached hydrogens (tertiary/aromatic N) is 4. The van der Waals surface area contributed by atoms with Crippen molar-refractivity contribution in [3.05, 3.63) is 46.2 Å². The Kier molecular flexibility index (Phi) is 3.02. The standard InChI is InChI=1S/C11H3Cl2F3N4/c12-9-7(5-1-4(14)2-6(15)8(5)16)10(13)20-11(19-9)17-3-18-20/h1-3H. The zero-order chi connectivity index (χ0) is 14.4. The fraction of sp³-hybridized carbons (Fsp3) is 0. The summed E-state index contributed by atoms with van der Waals surface area (Å²) in [6.45, 7) is 0. The number of halogens is 5. The van der Waals surface area contributed by atoms with Crippen LogP contribution in [0.25, 0.3) is 16.9 Å². The lowest BCUT2D eigenvalue weighted by molar-refractivity contribution is 0.497. The summed E-state index contributed by atoms with van der Waals surface area (Å²) in [6.07, 6.45) is 1.16. The summed E-state index contributed by atoms with van der Waals surface area (Å²) in [4.78, 5) is 7.59. The molecule has 4 nitrogen and oxygen atoms in total. The van der Waals surface area contributed by atoms with Gasteiger partial charge in [-0.2, -0.15) is 19.6 Å². The lowest BCUT2D eigenvalue weighted by atomic mass is 10.1. The van der Waals surface area contributed by atoms with Crippen LogP contribution >= 0.6 is 23.2 Å². The molecule has 0 atom stereocenters. The summed E-state index contributed by atoms with van der Waals surface area (Å²) in [6, 6.07) is 1.19. The molecule has 9 heteroatoms. The molecule has 20 heavy (non-hydrogen) atoms. The topological polar surface area (TPSA) is 43.1 Å². The van der Waals surface area contributed by atoms with Crippen LogP contribution in [-0.2, 0) is 0 Å². The fourth-order valence-electron chi connectivity index (χ4n) is 1.75. The molecule has 0 N–H and O–H groups in total. The van der Waals surface area contributed by atoms with Crippen molar-refractivity contribution in [1.29, 1.82) is 0 Å². The molecular formula is C11H3Cl2F3N4. The van der Waals surface area contributed by atoms with Crippen molar-refractivity contribution in [2.24, 2.45) is 0 Å². The highest BCUT2D eigenvalue weighted by Crippen LogP contribution is 2.36. The van der Waals surface area contributed by atoms with E-state index in [0.717, 1.165) is 16.9 Å². The third-order valence-electron chi connectivity index (χ3n) is 2.59. The molecule has 0 aliphatic heterocycles. The first-order valence-corrected chi connectivity index (χ1v) is 5.94. The molecule has 0 aliphatic rings. The Balaban J connectivity index is 2.40. The zero-order valence-corrected chi connectivity index (χ0v) is 10.9. The van der Waals surface area contributed by atoms with Gasteiger partial charge in [-0.25, -0.2) is 13.2 Å². The van der Waals surface area contributed by atoms with Crippen molar-refractivity contribution >= 4 is 29.0 Å². The van der Waals surface area contributed by atoms with Crippen LogP contribution in [0, 0.1) is 17.5 Å². The maximum absolute atomic E-state index is 13.8. The quantitative estimate of drug-likeness (QED) is 0.509. The van der Waals surface area contributed by atoms with Crippen LogP contribution in [0.5, 0.6) is 0 Å². The molecular weight excluding hydrogens is 316 g/mol. The van der Waals surface area contributed by atoms with Crippen LogP contribution in [0.15, 0.2) is 18.5 Å². The van der Waals surface area contributed by atoms with E-state index in [1.807, 2.05) is 0 Å². The average molecular weight is 319 g/mol. The van der Waals surface area contributed by atoms with E-state index in [9.17, 15) is 13.2 Å². The van der Waals surface area contributed by atoms with Crippen LogP contribution in [0.3, 0.4) is 0 Å². The van der Waals surface area contributed by atoms with E-state index in [-0.39, 0.29) is 21.6 Å². The van der Waals surface area contributed by atoms with Crippen LogP contribution in [0.2, 0.25) is 10.3 Å². The molecule has 0 saturated heterocycles. The van der Waals surface area contributed by atoms with Crippen LogP contribution in [0.1, 0.15) is 0 Å². The second-order valence-electron chi connectivity index (χ2n) is 3.79. The largest absolute Gasteiger partial charge is 0.255 e. The second-order valence-corrected chi connectivity index (χ2v) is 4.51. The van der Waals surface area contributed by atoms with Crippen LogP contribution < -0.4 is 0 Å². The molecule has 0 unspecified atom stereocenters. The lowest BCUT2D eigenvalue weighted by Gasteiger charge is -2.09. The maximum atomic E-state index is 13.8. The monoisotopic (exact) mass is 318 g/mol. The molecule has 0 saturated carbocycles.